The highest BCUT2D eigenvalue weighted by Gasteiger charge is 2.30. The highest BCUT2D eigenvalue weighted by atomic mass is 32.2. The number of benzene rings is 2. The Morgan fingerprint density at radius 3 is 2.73 bits per heavy atom. The fourth-order valence-electron chi connectivity index (χ4n) is 3.71. The summed E-state index contributed by atoms with van der Waals surface area (Å²) in [5.74, 6) is -0.925. The molecule has 0 unspecified atom stereocenters. The van der Waals surface area contributed by atoms with Gasteiger partial charge in [-0.1, -0.05) is 6.92 Å². The number of anilines is 1. The first-order valence-electron chi connectivity index (χ1n) is 11.6. The van der Waals surface area contributed by atoms with Crippen LogP contribution in [0.4, 0.5) is 10.1 Å². The zero-order valence-electron chi connectivity index (χ0n) is 20.4. The van der Waals surface area contributed by atoms with E-state index in [4.69, 9.17) is 9.47 Å². The minimum Gasteiger partial charge on any atom is -0.473 e. The van der Waals surface area contributed by atoms with Crippen molar-refractivity contribution in [2.45, 2.75) is 25.4 Å². The lowest BCUT2D eigenvalue weighted by molar-refractivity contribution is -0.0297. The van der Waals surface area contributed by atoms with Crippen LogP contribution in [0, 0.1) is 17.1 Å². The van der Waals surface area contributed by atoms with Gasteiger partial charge in [-0.2, -0.15) is 18.0 Å². The predicted molar refractivity (Wildman–Crippen MR) is 134 cm³/mol. The van der Waals surface area contributed by atoms with E-state index in [0.717, 1.165) is 16.4 Å². The van der Waals surface area contributed by atoms with Crippen molar-refractivity contribution in [1.82, 2.24) is 19.6 Å². The summed E-state index contributed by atoms with van der Waals surface area (Å²) in [4.78, 5) is 8.71. The van der Waals surface area contributed by atoms with Gasteiger partial charge in [0.25, 0.3) is 0 Å². The average Bonchev–Trinajstić information content (AvgIpc) is 2.89. The number of aliphatic hydroxyl groups is 1. The Morgan fingerprint density at radius 1 is 1.27 bits per heavy atom. The van der Waals surface area contributed by atoms with Crippen molar-refractivity contribution in [2.24, 2.45) is 0 Å². The predicted octanol–water partition coefficient (Wildman–Crippen LogP) is 2.53. The second kappa shape index (κ2) is 10.8. The highest BCUT2D eigenvalue weighted by Crippen LogP contribution is 2.34. The van der Waals surface area contributed by atoms with Gasteiger partial charge in [0, 0.05) is 19.7 Å². The molecule has 0 spiro atoms. The summed E-state index contributed by atoms with van der Waals surface area (Å²) in [6.07, 6.45) is 2.56. The number of halogens is 1. The molecule has 196 valence electrons. The van der Waals surface area contributed by atoms with Crippen LogP contribution in [0.5, 0.6) is 17.4 Å². The maximum atomic E-state index is 14.7. The van der Waals surface area contributed by atoms with Gasteiger partial charge in [0.2, 0.25) is 5.88 Å². The monoisotopic (exact) mass is 530 g/mol. The van der Waals surface area contributed by atoms with Gasteiger partial charge < -0.3 is 19.9 Å². The molecular weight excluding hydrogens is 503 g/mol. The third-order valence-corrected chi connectivity index (χ3v) is 7.61. The molecule has 13 heteroatoms. The van der Waals surface area contributed by atoms with Gasteiger partial charge in [-0.3, -0.25) is 4.72 Å². The molecule has 1 aliphatic rings. The summed E-state index contributed by atoms with van der Waals surface area (Å²) < 4.78 is 54.3. The smallest absolute Gasteiger partial charge is 0.301 e. The van der Waals surface area contributed by atoms with E-state index in [1.54, 1.807) is 13.0 Å². The standard InChI is InChI=1S/C24H27FN6O5S/c1-3-31(2)37(33,34)30-19-7-5-18(25)23(17(19)13-26)36-16-4-6-20-21(12-16)29-22(14-28-20)35-15-24(32)8-10-27-11-9-24/h4-7,12,14,27,30,32H,3,8-11,15H2,1-2H3. The van der Waals surface area contributed by atoms with Crippen LogP contribution < -0.4 is 19.5 Å². The zero-order valence-corrected chi connectivity index (χ0v) is 21.2. The molecule has 4 rings (SSSR count). The lowest BCUT2D eigenvalue weighted by atomic mass is 9.94. The molecule has 0 amide bonds. The van der Waals surface area contributed by atoms with Crippen LogP contribution in [0.25, 0.3) is 11.0 Å². The molecular formula is C24H27FN6O5S. The van der Waals surface area contributed by atoms with Crippen molar-refractivity contribution < 1.29 is 27.4 Å². The van der Waals surface area contributed by atoms with Gasteiger partial charge in [-0.15, -0.1) is 0 Å². The second-order valence-corrected chi connectivity index (χ2v) is 10.4. The maximum Gasteiger partial charge on any atom is 0.301 e. The van der Waals surface area contributed by atoms with Crippen molar-refractivity contribution in [2.75, 3.05) is 38.0 Å². The molecule has 0 bridgehead atoms. The summed E-state index contributed by atoms with van der Waals surface area (Å²) in [5, 5.41) is 23.5. The van der Waals surface area contributed by atoms with Crippen molar-refractivity contribution in [1.29, 1.82) is 5.26 Å². The molecule has 0 radical (unpaired) electrons. The lowest BCUT2D eigenvalue weighted by Crippen LogP contribution is -2.46. The van der Waals surface area contributed by atoms with Gasteiger partial charge in [0.1, 0.15) is 29.6 Å². The first-order chi connectivity index (χ1) is 17.6. The van der Waals surface area contributed by atoms with Crippen LogP contribution in [-0.4, -0.2) is 66.7 Å². The van der Waals surface area contributed by atoms with E-state index in [1.807, 2.05) is 6.07 Å². The first kappa shape index (κ1) is 26.5. The molecule has 2 heterocycles. The van der Waals surface area contributed by atoms with Crippen molar-refractivity contribution in [3.63, 3.8) is 0 Å². The molecule has 3 N–H and O–H groups in total. The van der Waals surface area contributed by atoms with Crippen LogP contribution in [0.1, 0.15) is 25.3 Å². The number of hydrogen-bond acceptors (Lipinski definition) is 9. The van der Waals surface area contributed by atoms with E-state index in [2.05, 4.69) is 20.0 Å². The Labute approximate surface area is 214 Å². The van der Waals surface area contributed by atoms with E-state index in [0.29, 0.717) is 37.0 Å². The molecule has 3 aromatic rings. The summed E-state index contributed by atoms with van der Waals surface area (Å²) in [6.45, 7) is 3.31. The van der Waals surface area contributed by atoms with E-state index in [1.165, 1.54) is 25.4 Å². The Hall–Kier alpha value is -3.57. The van der Waals surface area contributed by atoms with Crippen molar-refractivity contribution >= 4 is 26.9 Å². The van der Waals surface area contributed by atoms with E-state index in [-0.39, 0.29) is 36.0 Å². The van der Waals surface area contributed by atoms with Gasteiger partial charge in [-0.25, -0.2) is 14.4 Å². The molecule has 1 fully saturated rings. The number of nitrogens with one attached hydrogen (secondary N) is 2. The molecule has 11 nitrogen and oxygen atoms in total. The lowest BCUT2D eigenvalue weighted by Gasteiger charge is -2.31. The van der Waals surface area contributed by atoms with E-state index >= 15 is 0 Å². The molecule has 1 aliphatic heterocycles. The SMILES string of the molecule is CCN(C)S(=O)(=O)Nc1ccc(F)c(Oc2ccc3ncc(OCC4(O)CCNCC4)nc3c2)c1C#N. The first-order valence-corrected chi connectivity index (χ1v) is 13.1. The molecule has 0 atom stereocenters. The number of aromatic nitrogens is 2. The van der Waals surface area contributed by atoms with Gasteiger partial charge >= 0.3 is 10.2 Å². The second-order valence-electron chi connectivity index (χ2n) is 8.66. The van der Waals surface area contributed by atoms with Crippen LogP contribution in [0.2, 0.25) is 0 Å². The minimum atomic E-state index is -3.95. The molecule has 1 saturated heterocycles. The minimum absolute atomic E-state index is 0.0672. The Balaban J connectivity index is 1.59. The summed E-state index contributed by atoms with van der Waals surface area (Å²) in [5.41, 5.74) is -0.479. The topological polar surface area (TPSA) is 150 Å². The normalized spacial score (nSPS) is 15.4. The fraction of sp³-hybridized carbons (Fsp3) is 0.375. The van der Waals surface area contributed by atoms with Gasteiger partial charge in [-0.05, 0) is 50.2 Å². The molecule has 37 heavy (non-hydrogen) atoms. The fourth-order valence-corrected chi connectivity index (χ4v) is 4.65. The molecule has 0 saturated carbocycles. The van der Waals surface area contributed by atoms with Crippen molar-refractivity contribution in [3.8, 4) is 23.4 Å². The number of rotatable bonds is 9. The number of fused-ring (bicyclic) bond motifs is 1. The number of piperidine rings is 1. The molecule has 2 aromatic carbocycles. The Kier molecular flexibility index (Phi) is 7.74. The van der Waals surface area contributed by atoms with Crippen LogP contribution in [0.3, 0.4) is 0 Å². The molecule has 1 aromatic heterocycles. The van der Waals surface area contributed by atoms with E-state index < -0.39 is 27.4 Å². The van der Waals surface area contributed by atoms with Gasteiger partial charge in [0.15, 0.2) is 11.6 Å². The van der Waals surface area contributed by atoms with Crippen molar-refractivity contribution in [3.05, 3.63) is 47.9 Å². The molecule has 0 aliphatic carbocycles. The summed E-state index contributed by atoms with van der Waals surface area (Å²) in [7, 11) is -2.58. The highest BCUT2D eigenvalue weighted by molar-refractivity contribution is 7.90. The maximum absolute atomic E-state index is 14.7. The van der Waals surface area contributed by atoms with Gasteiger partial charge in [0.05, 0.1) is 22.9 Å². The average molecular weight is 531 g/mol. The van der Waals surface area contributed by atoms with Crippen LogP contribution in [0.15, 0.2) is 36.5 Å². The zero-order chi connectivity index (χ0) is 26.6. The summed E-state index contributed by atoms with van der Waals surface area (Å²) in [6, 6.07) is 8.62. The third-order valence-electron chi connectivity index (χ3n) is 6.05. The quantitative estimate of drug-likeness (QED) is 0.379. The van der Waals surface area contributed by atoms with Crippen LogP contribution >= 0.6 is 0 Å². The third kappa shape index (κ3) is 6.05. The largest absolute Gasteiger partial charge is 0.473 e. The number of nitrogens with zero attached hydrogens (tertiary/aromatic N) is 4. The summed E-state index contributed by atoms with van der Waals surface area (Å²) >= 11 is 0. The number of nitriles is 1. The van der Waals surface area contributed by atoms with E-state index in [9.17, 15) is 23.2 Å². The van der Waals surface area contributed by atoms with Crippen LogP contribution in [-0.2, 0) is 10.2 Å². The Morgan fingerprint density at radius 2 is 2.03 bits per heavy atom. The number of hydrogen-bond donors (Lipinski definition) is 3. The number of ether oxygens (including phenoxy) is 2. The Bertz CT molecular complexity index is 1440.